The van der Waals surface area contributed by atoms with E-state index in [9.17, 15) is 9.59 Å². The number of nitrogens with zero attached hydrogens (tertiary/aromatic N) is 2. The Balaban J connectivity index is 1.87. The summed E-state index contributed by atoms with van der Waals surface area (Å²) in [5.41, 5.74) is 2.27. The average molecular weight is 459 g/mol. The van der Waals surface area contributed by atoms with Gasteiger partial charge >= 0.3 is 0 Å². The number of likely N-dealkylation sites (N-methyl/N-ethyl adjacent to an activating group) is 1. The lowest BCUT2D eigenvalue weighted by molar-refractivity contribution is -0.120. The molecule has 0 spiro atoms. The third kappa shape index (κ3) is 4.08. The molecule has 0 unspecified atom stereocenters. The molecule has 0 bridgehead atoms. The summed E-state index contributed by atoms with van der Waals surface area (Å²) in [5, 5.41) is 0. The predicted octanol–water partition coefficient (Wildman–Crippen LogP) is 4.52. The molecule has 7 heteroatoms. The first kappa shape index (κ1) is 22.9. The van der Waals surface area contributed by atoms with E-state index in [0.717, 1.165) is 10.6 Å². The summed E-state index contributed by atoms with van der Waals surface area (Å²) in [6, 6.07) is 21.6. The van der Waals surface area contributed by atoms with Gasteiger partial charge in [0.2, 0.25) is 0 Å². The van der Waals surface area contributed by atoms with Crippen LogP contribution in [0.25, 0.3) is 5.57 Å². The second-order valence-electron chi connectivity index (χ2n) is 7.56. The number of hydrogen-bond donors (Lipinski definition) is 0. The first-order chi connectivity index (χ1) is 16.5. The summed E-state index contributed by atoms with van der Waals surface area (Å²) in [6.07, 6.45) is 0. The summed E-state index contributed by atoms with van der Waals surface area (Å²) in [4.78, 5) is 30.5. The van der Waals surface area contributed by atoms with Gasteiger partial charge in [-0.3, -0.25) is 9.59 Å². The molecule has 0 N–H and O–H groups in total. The van der Waals surface area contributed by atoms with Crippen molar-refractivity contribution in [2.24, 2.45) is 0 Å². The zero-order valence-electron chi connectivity index (χ0n) is 19.6. The molecular formula is C27H26N2O5. The van der Waals surface area contributed by atoms with Gasteiger partial charge in [-0.2, -0.15) is 0 Å². The first-order valence-electron chi connectivity index (χ1n) is 10.9. The van der Waals surface area contributed by atoms with Crippen molar-refractivity contribution in [2.45, 2.75) is 6.92 Å². The van der Waals surface area contributed by atoms with E-state index in [-0.39, 0.29) is 5.70 Å². The van der Waals surface area contributed by atoms with E-state index in [1.807, 2.05) is 37.3 Å². The summed E-state index contributed by atoms with van der Waals surface area (Å²) in [7, 11) is 4.79. The number of carbonyl (C=O) groups is 2. The van der Waals surface area contributed by atoms with Crippen LogP contribution >= 0.6 is 0 Å². The van der Waals surface area contributed by atoms with Crippen LogP contribution in [0.5, 0.6) is 17.2 Å². The van der Waals surface area contributed by atoms with E-state index in [1.54, 1.807) is 54.4 Å². The standard InChI is InChI=1S/C27H26N2O5/c1-5-34-20-13-11-18(12-14-20)24-25(28(2)19-9-7-6-8-10-19)27(31)29(26(24)30)22-17-21(32-3)15-16-23(22)33-4/h6-17H,5H2,1-4H3. The summed E-state index contributed by atoms with van der Waals surface area (Å²) >= 11 is 0. The smallest absolute Gasteiger partial charge is 0.282 e. The Bertz CT molecular complexity index is 1240. The number of hydrogen-bond acceptors (Lipinski definition) is 6. The highest BCUT2D eigenvalue weighted by molar-refractivity contribution is 6.46. The lowest BCUT2D eigenvalue weighted by Gasteiger charge is -2.22. The van der Waals surface area contributed by atoms with Gasteiger partial charge in [0, 0.05) is 18.8 Å². The van der Waals surface area contributed by atoms with E-state index < -0.39 is 11.8 Å². The average Bonchev–Trinajstić information content (AvgIpc) is 3.13. The highest BCUT2D eigenvalue weighted by Gasteiger charge is 2.43. The van der Waals surface area contributed by atoms with Crippen molar-refractivity contribution < 1.29 is 23.8 Å². The maximum Gasteiger partial charge on any atom is 0.282 e. The predicted molar refractivity (Wildman–Crippen MR) is 131 cm³/mol. The number of carbonyl (C=O) groups excluding carboxylic acids is 2. The molecule has 2 amide bonds. The molecule has 1 aliphatic rings. The van der Waals surface area contributed by atoms with Crippen molar-refractivity contribution >= 4 is 28.8 Å². The summed E-state index contributed by atoms with van der Waals surface area (Å²) < 4.78 is 16.3. The normalized spacial score (nSPS) is 13.4. The molecule has 0 aliphatic carbocycles. The van der Waals surface area contributed by atoms with Crippen LogP contribution < -0.4 is 24.0 Å². The van der Waals surface area contributed by atoms with Gasteiger partial charge in [-0.15, -0.1) is 0 Å². The number of para-hydroxylation sites is 1. The summed E-state index contributed by atoms with van der Waals surface area (Å²) in [6.45, 7) is 2.44. The zero-order chi connectivity index (χ0) is 24.2. The number of ether oxygens (including phenoxy) is 3. The van der Waals surface area contributed by atoms with Crippen molar-refractivity contribution in [3.05, 3.63) is 84.1 Å². The van der Waals surface area contributed by atoms with Gasteiger partial charge < -0.3 is 19.1 Å². The minimum absolute atomic E-state index is 0.269. The lowest BCUT2D eigenvalue weighted by Crippen LogP contribution is -2.34. The van der Waals surface area contributed by atoms with Crippen molar-refractivity contribution in [1.82, 2.24) is 0 Å². The molecule has 1 aliphatic heterocycles. The molecule has 3 aromatic rings. The van der Waals surface area contributed by atoms with Gasteiger partial charge in [-0.05, 0) is 48.9 Å². The Labute approximate surface area is 198 Å². The zero-order valence-corrected chi connectivity index (χ0v) is 19.6. The molecule has 1 heterocycles. The van der Waals surface area contributed by atoms with Crippen molar-refractivity contribution in [1.29, 1.82) is 0 Å². The minimum atomic E-state index is -0.452. The topological polar surface area (TPSA) is 68.3 Å². The van der Waals surface area contributed by atoms with Crippen LogP contribution in [-0.2, 0) is 9.59 Å². The van der Waals surface area contributed by atoms with Crippen molar-refractivity contribution in [3.63, 3.8) is 0 Å². The van der Waals surface area contributed by atoms with E-state index in [1.165, 1.54) is 14.2 Å². The van der Waals surface area contributed by atoms with Crippen molar-refractivity contribution in [2.75, 3.05) is 37.7 Å². The number of methoxy groups -OCH3 is 2. The molecule has 0 radical (unpaired) electrons. The van der Waals surface area contributed by atoms with Crippen LogP contribution in [0.4, 0.5) is 11.4 Å². The second-order valence-corrected chi connectivity index (χ2v) is 7.56. The maximum absolute atomic E-state index is 13.8. The Morgan fingerprint density at radius 3 is 2.12 bits per heavy atom. The summed E-state index contributed by atoms with van der Waals surface area (Å²) in [5.74, 6) is 0.680. The maximum atomic E-state index is 13.8. The Morgan fingerprint density at radius 1 is 0.824 bits per heavy atom. The highest BCUT2D eigenvalue weighted by Crippen LogP contribution is 2.41. The Morgan fingerprint density at radius 2 is 1.50 bits per heavy atom. The molecule has 3 aromatic carbocycles. The van der Waals surface area contributed by atoms with Crippen LogP contribution in [0.1, 0.15) is 12.5 Å². The van der Waals surface area contributed by atoms with Gasteiger partial charge in [-0.25, -0.2) is 4.90 Å². The number of imide groups is 1. The Kier molecular flexibility index (Phi) is 6.54. The molecule has 34 heavy (non-hydrogen) atoms. The van der Waals surface area contributed by atoms with E-state index in [4.69, 9.17) is 14.2 Å². The first-order valence-corrected chi connectivity index (χ1v) is 10.9. The number of anilines is 2. The largest absolute Gasteiger partial charge is 0.497 e. The molecular weight excluding hydrogens is 432 g/mol. The minimum Gasteiger partial charge on any atom is -0.497 e. The van der Waals surface area contributed by atoms with Crippen LogP contribution in [-0.4, -0.2) is 39.7 Å². The molecule has 4 rings (SSSR count). The van der Waals surface area contributed by atoms with E-state index in [2.05, 4.69) is 0 Å². The van der Waals surface area contributed by atoms with Crippen LogP contribution in [0.3, 0.4) is 0 Å². The molecule has 0 atom stereocenters. The number of amides is 2. The fraction of sp³-hybridized carbons (Fsp3) is 0.185. The fourth-order valence-corrected chi connectivity index (χ4v) is 3.95. The molecule has 7 nitrogen and oxygen atoms in total. The van der Waals surface area contributed by atoms with Gasteiger partial charge in [0.1, 0.15) is 22.9 Å². The van der Waals surface area contributed by atoms with E-state index in [0.29, 0.717) is 40.7 Å². The van der Waals surface area contributed by atoms with Gasteiger partial charge in [-0.1, -0.05) is 30.3 Å². The number of rotatable bonds is 8. The lowest BCUT2D eigenvalue weighted by atomic mass is 10.0. The van der Waals surface area contributed by atoms with Crippen LogP contribution in [0, 0.1) is 0 Å². The van der Waals surface area contributed by atoms with Gasteiger partial charge in [0.05, 0.1) is 32.1 Å². The van der Waals surface area contributed by atoms with E-state index >= 15 is 0 Å². The third-order valence-corrected chi connectivity index (χ3v) is 5.62. The third-order valence-electron chi connectivity index (χ3n) is 5.62. The van der Waals surface area contributed by atoms with Crippen molar-refractivity contribution in [3.8, 4) is 17.2 Å². The van der Waals surface area contributed by atoms with Crippen LogP contribution in [0.2, 0.25) is 0 Å². The van der Waals surface area contributed by atoms with Gasteiger partial charge in [0.25, 0.3) is 11.8 Å². The molecule has 0 aromatic heterocycles. The highest BCUT2D eigenvalue weighted by atomic mass is 16.5. The van der Waals surface area contributed by atoms with Crippen LogP contribution in [0.15, 0.2) is 78.5 Å². The SMILES string of the molecule is CCOc1ccc(C2=C(N(C)c3ccccc3)C(=O)N(c3cc(OC)ccc3OC)C2=O)cc1. The Hall–Kier alpha value is -4.26. The molecule has 0 saturated heterocycles. The fourth-order valence-electron chi connectivity index (χ4n) is 3.95. The monoisotopic (exact) mass is 458 g/mol. The molecule has 0 fully saturated rings. The number of benzene rings is 3. The second kappa shape index (κ2) is 9.70. The molecule has 174 valence electrons. The molecule has 0 saturated carbocycles. The quantitative estimate of drug-likeness (QED) is 0.462. The van der Waals surface area contributed by atoms with Gasteiger partial charge in [0.15, 0.2) is 0 Å².